The van der Waals surface area contributed by atoms with E-state index >= 15 is 0 Å². The molecule has 0 saturated heterocycles. The molecule has 1 aromatic heterocycles. The summed E-state index contributed by atoms with van der Waals surface area (Å²) in [6, 6.07) is 7.93. The van der Waals surface area contributed by atoms with Crippen LogP contribution in [0.5, 0.6) is 5.75 Å². The summed E-state index contributed by atoms with van der Waals surface area (Å²) in [7, 11) is 0. The predicted molar refractivity (Wildman–Crippen MR) is 81.6 cm³/mol. The Morgan fingerprint density at radius 2 is 1.89 bits per heavy atom. The summed E-state index contributed by atoms with van der Waals surface area (Å²) in [5, 5.41) is 0. The van der Waals surface area contributed by atoms with Crippen molar-refractivity contribution in [2.45, 2.75) is 20.5 Å². The van der Waals surface area contributed by atoms with Gasteiger partial charge in [0.1, 0.15) is 12.4 Å². The standard InChI is InChI=1S/C14H15IN2O/c1-9-7-17-13(10(2)14(9)16)8-18-12-5-3-11(15)4-6-12/h3-7H,8H2,1-2H3,(H2,16,17). The van der Waals surface area contributed by atoms with Crippen molar-refractivity contribution < 1.29 is 4.74 Å². The lowest BCUT2D eigenvalue weighted by Gasteiger charge is -2.11. The van der Waals surface area contributed by atoms with Gasteiger partial charge in [-0.1, -0.05) is 0 Å². The molecule has 2 aromatic rings. The van der Waals surface area contributed by atoms with Crippen molar-refractivity contribution in [2.75, 3.05) is 5.73 Å². The summed E-state index contributed by atoms with van der Waals surface area (Å²) in [4.78, 5) is 4.36. The number of halogens is 1. The second-order valence-corrected chi connectivity index (χ2v) is 5.41. The molecule has 0 aliphatic rings. The van der Waals surface area contributed by atoms with E-state index in [0.29, 0.717) is 6.61 Å². The van der Waals surface area contributed by atoms with E-state index in [-0.39, 0.29) is 0 Å². The molecule has 0 atom stereocenters. The fraction of sp³-hybridized carbons (Fsp3) is 0.214. The molecule has 4 heteroatoms. The van der Waals surface area contributed by atoms with E-state index < -0.39 is 0 Å². The van der Waals surface area contributed by atoms with Gasteiger partial charge in [0.05, 0.1) is 5.69 Å². The van der Waals surface area contributed by atoms with Gasteiger partial charge in [0.25, 0.3) is 0 Å². The molecule has 0 amide bonds. The lowest BCUT2D eigenvalue weighted by Crippen LogP contribution is -2.05. The van der Waals surface area contributed by atoms with Crippen molar-refractivity contribution in [3.05, 3.63) is 50.9 Å². The molecule has 1 heterocycles. The minimum Gasteiger partial charge on any atom is -0.487 e. The molecule has 1 aromatic carbocycles. The van der Waals surface area contributed by atoms with Crippen LogP contribution in [0.1, 0.15) is 16.8 Å². The molecule has 0 saturated carbocycles. The van der Waals surface area contributed by atoms with Gasteiger partial charge in [0.15, 0.2) is 0 Å². The second kappa shape index (κ2) is 5.56. The van der Waals surface area contributed by atoms with Crippen LogP contribution in [0.25, 0.3) is 0 Å². The Hall–Kier alpha value is -1.30. The molecule has 18 heavy (non-hydrogen) atoms. The SMILES string of the molecule is Cc1cnc(COc2ccc(I)cc2)c(C)c1N. The van der Waals surface area contributed by atoms with Crippen LogP contribution >= 0.6 is 22.6 Å². The first-order chi connectivity index (χ1) is 8.58. The van der Waals surface area contributed by atoms with Gasteiger partial charge in [-0.05, 0) is 71.8 Å². The Kier molecular flexibility index (Phi) is 4.06. The Balaban J connectivity index is 2.11. The minimum absolute atomic E-state index is 0.441. The number of benzene rings is 1. The first kappa shape index (κ1) is 13.1. The van der Waals surface area contributed by atoms with Crippen molar-refractivity contribution in [2.24, 2.45) is 0 Å². The molecule has 0 aliphatic heterocycles. The quantitative estimate of drug-likeness (QED) is 0.859. The molecule has 3 nitrogen and oxygen atoms in total. The number of nitrogen functional groups attached to an aromatic ring is 1. The zero-order chi connectivity index (χ0) is 13.1. The third kappa shape index (κ3) is 2.93. The van der Waals surface area contributed by atoms with Crippen LogP contribution in [-0.2, 0) is 6.61 Å². The molecular weight excluding hydrogens is 339 g/mol. The maximum atomic E-state index is 5.97. The predicted octanol–water partition coefficient (Wildman–Crippen LogP) is 3.46. The summed E-state index contributed by atoms with van der Waals surface area (Å²) < 4.78 is 6.89. The number of nitrogens with two attached hydrogens (primary N) is 1. The maximum absolute atomic E-state index is 5.97. The normalized spacial score (nSPS) is 10.4. The molecule has 0 fully saturated rings. The highest BCUT2D eigenvalue weighted by atomic mass is 127. The fourth-order valence-corrected chi connectivity index (χ4v) is 1.98. The maximum Gasteiger partial charge on any atom is 0.131 e. The van der Waals surface area contributed by atoms with Crippen molar-refractivity contribution in [1.29, 1.82) is 0 Å². The number of aromatic nitrogens is 1. The minimum atomic E-state index is 0.441. The van der Waals surface area contributed by atoms with Gasteiger partial charge in [-0.25, -0.2) is 0 Å². The van der Waals surface area contributed by atoms with Crippen LogP contribution in [0.4, 0.5) is 5.69 Å². The van der Waals surface area contributed by atoms with Gasteiger partial charge in [-0.2, -0.15) is 0 Å². The van der Waals surface area contributed by atoms with E-state index in [0.717, 1.165) is 28.3 Å². The van der Waals surface area contributed by atoms with Gasteiger partial charge < -0.3 is 10.5 Å². The summed E-state index contributed by atoms with van der Waals surface area (Å²) in [6.45, 7) is 4.37. The number of anilines is 1. The molecule has 0 unspecified atom stereocenters. The number of pyridine rings is 1. The highest BCUT2D eigenvalue weighted by Crippen LogP contribution is 2.20. The Labute approximate surface area is 121 Å². The number of rotatable bonds is 3. The van der Waals surface area contributed by atoms with Crippen LogP contribution in [0, 0.1) is 17.4 Å². The topological polar surface area (TPSA) is 48.1 Å². The lowest BCUT2D eigenvalue weighted by molar-refractivity contribution is 0.300. The molecule has 0 spiro atoms. The van der Waals surface area contributed by atoms with Crippen molar-refractivity contribution in [3.8, 4) is 5.75 Å². The summed E-state index contributed by atoms with van der Waals surface area (Å²) in [6.07, 6.45) is 1.79. The first-order valence-corrected chi connectivity index (χ1v) is 6.74. The molecule has 0 aliphatic carbocycles. The molecule has 2 N–H and O–H groups in total. The Morgan fingerprint density at radius 3 is 2.56 bits per heavy atom. The van der Waals surface area contributed by atoms with E-state index in [1.165, 1.54) is 3.57 Å². The average Bonchev–Trinajstić information content (AvgIpc) is 2.37. The van der Waals surface area contributed by atoms with Gasteiger partial charge in [0, 0.05) is 15.5 Å². The lowest BCUT2D eigenvalue weighted by atomic mass is 10.1. The van der Waals surface area contributed by atoms with Crippen molar-refractivity contribution in [3.63, 3.8) is 0 Å². The summed E-state index contributed by atoms with van der Waals surface area (Å²) in [5.41, 5.74) is 9.66. The van der Waals surface area contributed by atoms with E-state index in [9.17, 15) is 0 Å². The van der Waals surface area contributed by atoms with Gasteiger partial charge >= 0.3 is 0 Å². The van der Waals surface area contributed by atoms with Crippen molar-refractivity contribution >= 4 is 28.3 Å². The van der Waals surface area contributed by atoms with Crippen LogP contribution < -0.4 is 10.5 Å². The fourth-order valence-electron chi connectivity index (χ4n) is 1.62. The number of hydrogen-bond acceptors (Lipinski definition) is 3. The third-order valence-electron chi connectivity index (χ3n) is 2.86. The Bertz CT molecular complexity index is 552. The Morgan fingerprint density at radius 1 is 1.22 bits per heavy atom. The van der Waals surface area contributed by atoms with Crippen LogP contribution in [0.2, 0.25) is 0 Å². The molecule has 2 rings (SSSR count). The summed E-state index contributed by atoms with van der Waals surface area (Å²) >= 11 is 2.27. The van der Waals surface area contributed by atoms with Crippen molar-refractivity contribution in [1.82, 2.24) is 4.98 Å². The van der Waals surface area contributed by atoms with E-state index in [1.807, 2.05) is 38.1 Å². The van der Waals surface area contributed by atoms with Gasteiger partial charge in [-0.15, -0.1) is 0 Å². The van der Waals surface area contributed by atoms with E-state index in [2.05, 4.69) is 27.6 Å². The number of ether oxygens (including phenoxy) is 1. The van der Waals surface area contributed by atoms with Crippen LogP contribution in [-0.4, -0.2) is 4.98 Å². The number of hydrogen-bond donors (Lipinski definition) is 1. The smallest absolute Gasteiger partial charge is 0.131 e. The summed E-state index contributed by atoms with van der Waals surface area (Å²) in [5.74, 6) is 0.843. The second-order valence-electron chi connectivity index (χ2n) is 4.17. The molecule has 94 valence electrons. The highest BCUT2D eigenvalue weighted by Gasteiger charge is 2.06. The highest BCUT2D eigenvalue weighted by molar-refractivity contribution is 14.1. The molecular formula is C14H15IN2O. The zero-order valence-corrected chi connectivity index (χ0v) is 12.6. The van der Waals surface area contributed by atoms with Gasteiger partial charge in [0.2, 0.25) is 0 Å². The number of aryl methyl sites for hydroxylation is 1. The molecule has 0 radical (unpaired) electrons. The average molecular weight is 354 g/mol. The van der Waals surface area contributed by atoms with Crippen LogP contribution in [0.3, 0.4) is 0 Å². The molecule has 0 bridgehead atoms. The van der Waals surface area contributed by atoms with E-state index in [1.54, 1.807) is 6.20 Å². The van der Waals surface area contributed by atoms with E-state index in [4.69, 9.17) is 10.5 Å². The monoisotopic (exact) mass is 354 g/mol. The number of nitrogens with zero attached hydrogens (tertiary/aromatic N) is 1. The largest absolute Gasteiger partial charge is 0.487 e. The third-order valence-corrected chi connectivity index (χ3v) is 3.58. The zero-order valence-electron chi connectivity index (χ0n) is 10.4. The first-order valence-electron chi connectivity index (χ1n) is 5.67. The van der Waals surface area contributed by atoms with Crippen LogP contribution in [0.15, 0.2) is 30.5 Å². The van der Waals surface area contributed by atoms with Gasteiger partial charge in [-0.3, -0.25) is 4.98 Å².